The highest BCUT2D eigenvalue weighted by Crippen LogP contribution is 2.15. The first-order valence-corrected chi connectivity index (χ1v) is 7.28. The number of benzene rings is 1. The van der Waals surface area contributed by atoms with Crippen molar-refractivity contribution in [3.63, 3.8) is 0 Å². The van der Waals surface area contributed by atoms with Gasteiger partial charge in [0.1, 0.15) is 0 Å². The number of hydrogen-bond donors (Lipinski definition) is 2. The number of nitrogens with one attached hydrogen (secondary N) is 1. The molecule has 0 saturated heterocycles. The van der Waals surface area contributed by atoms with Gasteiger partial charge in [0.2, 0.25) is 0 Å². The van der Waals surface area contributed by atoms with Crippen LogP contribution in [0.4, 0.5) is 0 Å². The third-order valence-corrected chi connectivity index (χ3v) is 3.37. The van der Waals surface area contributed by atoms with Crippen molar-refractivity contribution in [2.45, 2.75) is 6.04 Å². The van der Waals surface area contributed by atoms with Crippen LogP contribution in [0.25, 0.3) is 0 Å². The summed E-state index contributed by atoms with van der Waals surface area (Å²) in [6.07, 6.45) is 1.24. The van der Waals surface area contributed by atoms with E-state index >= 15 is 0 Å². The second-order valence-corrected chi connectivity index (χ2v) is 5.18. The minimum atomic E-state index is -1.39. The van der Waals surface area contributed by atoms with Crippen molar-refractivity contribution < 1.29 is 14.7 Å². The van der Waals surface area contributed by atoms with E-state index in [0.29, 0.717) is 5.56 Å². The molecule has 7 heteroatoms. The monoisotopic (exact) mass is 334 g/mol. The van der Waals surface area contributed by atoms with Crippen LogP contribution in [0.1, 0.15) is 16.4 Å². The number of aliphatic hydroxyl groups is 1. The quantitative estimate of drug-likeness (QED) is 0.610. The average molecular weight is 335 g/mol. The molecule has 0 aliphatic heterocycles. The Labute approximate surface area is 137 Å². The molecule has 1 atom stereocenters. The number of aromatic nitrogens is 1. The van der Waals surface area contributed by atoms with Crippen molar-refractivity contribution in [1.82, 2.24) is 9.88 Å². The van der Waals surface area contributed by atoms with E-state index in [1.807, 2.05) is 0 Å². The molecule has 2 rings (SSSR count). The molecule has 120 valence electrons. The van der Waals surface area contributed by atoms with Gasteiger partial charge in [0, 0.05) is 24.4 Å². The highest BCUT2D eigenvalue weighted by atomic mass is 35.5. The Kier molecular flexibility index (Phi) is 5.67. The number of pyridine rings is 1. The molecule has 0 aliphatic rings. The molecule has 0 bridgehead atoms. The Hall–Kier alpha value is -2.44. The van der Waals surface area contributed by atoms with Gasteiger partial charge in [-0.3, -0.25) is 19.0 Å². The number of nitrogens with zero attached hydrogens (tertiary/aromatic N) is 1. The molecule has 0 spiro atoms. The molecule has 1 amide bonds. The van der Waals surface area contributed by atoms with Gasteiger partial charge in [0.05, 0.1) is 11.6 Å². The van der Waals surface area contributed by atoms with E-state index in [4.69, 9.17) is 16.7 Å². The van der Waals surface area contributed by atoms with E-state index in [2.05, 4.69) is 5.32 Å². The van der Waals surface area contributed by atoms with E-state index in [0.717, 1.165) is 4.57 Å². The highest BCUT2D eigenvalue weighted by Gasteiger charge is 2.30. The lowest BCUT2D eigenvalue weighted by Gasteiger charge is -2.18. The summed E-state index contributed by atoms with van der Waals surface area (Å²) in [5, 5.41) is 11.5. The summed E-state index contributed by atoms with van der Waals surface area (Å²) in [6, 6.07) is 9.36. The zero-order chi connectivity index (χ0) is 16.8. The van der Waals surface area contributed by atoms with Gasteiger partial charge in [-0.1, -0.05) is 41.9 Å². The van der Waals surface area contributed by atoms with Crippen LogP contribution in [0.15, 0.2) is 53.5 Å². The SMILES string of the molecule is O=C(NCCO)C(C(=O)c1ccccc1)n1cc(Cl)ccc1=O. The first kappa shape index (κ1) is 16.9. The Bertz CT molecular complexity index is 758. The lowest BCUT2D eigenvalue weighted by molar-refractivity contribution is -0.123. The largest absolute Gasteiger partial charge is 0.395 e. The van der Waals surface area contributed by atoms with Crippen molar-refractivity contribution >= 4 is 23.3 Å². The highest BCUT2D eigenvalue weighted by molar-refractivity contribution is 6.30. The maximum atomic E-state index is 12.7. The van der Waals surface area contributed by atoms with Gasteiger partial charge >= 0.3 is 0 Å². The summed E-state index contributed by atoms with van der Waals surface area (Å²) >= 11 is 5.88. The van der Waals surface area contributed by atoms with Gasteiger partial charge < -0.3 is 10.4 Å². The Morgan fingerprint density at radius 1 is 1.17 bits per heavy atom. The number of ketones is 1. The Balaban J connectivity index is 2.47. The number of aliphatic hydroxyl groups excluding tert-OH is 1. The molecule has 2 aromatic rings. The van der Waals surface area contributed by atoms with Crippen LogP contribution in [-0.4, -0.2) is 34.5 Å². The second kappa shape index (κ2) is 7.71. The Morgan fingerprint density at radius 3 is 2.52 bits per heavy atom. The first-order chi connectivity index (χ1) is 11.0. The number of Topliss-reactive ketones (excluding diaryl/α,β-unsaturated/α-hetero) is 1. The van der Waals surface area contributed by atoms with Crippen LogP contribution in [0, 0.1) is 0 Å². The maximum Gasteiger partial charge on any atom is 0.251 e. The fourth-order valence-corrected chi connectivity index (χ4v) is 2.25. The molecule has 6 nitrogen and oxygen atoms in total. The lowest BCUT2D eigenvalue weighted by Crippen LogP contribution is -2.42. The summed E-state index contributed by atoms with van der Waals surface area (Å²) in [4.78, 5) is 37.1. The predicted molar refractivity (Wildman–Crippen MR) is 85.6 cm³/mol. The number of halogens is 1. The van der Waals surface area contributed by atoms with Gasteiger partial charge in [-0.25, -0.2) is 0 Å². The molecule has 1 unspecified atom stereocenters. The first-order valence-electron chi connectivity index (χ1n) is 6.90. The fraction of sp³-hybridized carbons (Fsp3) is 0.188. The van der Waals surface area contributed by atoms with Crippen LogP contribution < -0.4 is 10.9 Å². The van der Waals surface area contributed by atoms with Crippen LogP contribution in [0.2, 0.25) is 5.02 Å². The average Bonchev–Trinajstić information content (AvgIpc) is 2.57. The Morgan fingerprint density at radius 2 is 1.87 bits per heavy atom. The number of carbonyl (C=O) groups excluding carboxylic acids is 2. The standard InChI is InChI=1S/C16H15ClN2O4/c17-12-6-7-13(21)19(10-12)14(16(23)18-8-9-20)15(22)11-4-2-1-3-5-11/h1-7,10,14,20H,8-9H2,(H,18,23). The number of amides is 1. The minimum Gasteiger partial charge on any atom is -0.395 e. The fourth-order valence-electron chi connectivity index (χ4n) is 2.09. The molecule has 23 heavy (non-hydrogen) atoms. The van der Waals surface area contributed by atoms with Crippen molar-refractivity contribution in [1.29, 1.82) is 0 Å². The summed E-state index contributed by atoms with van der Waals surface area (Å²) in [5.41, 5.74) is -0.230. The van der Waals surface area contributed by atoms with Crippen molar-refractivity contribution in [2.75, 3.05) is 13.2 Å². The van der Waals surface area contributed by atoms with E-state index in [1.54, 1.807) is 30.3 Å². The number of hydrogen-bond acceptors (Lipinski definition) is 4. The number of carbonyl (C=O) groups is 2. The molecule has 1 heterocycles. The van der Waals surface area contributed by atoms with Crippen LogP contribution in [0.3, 0.4) is 0 Å². The normalized spacial score (nSPS) is 11.7. The third-order valence-electron chi connectivity index (χ3n) is 3.15. The molecule has 1 aromatic heterocycles. The van der Waals surface area contributed by atoms with E-state index in [9.17, 15) is 14.4 Å². The molecule has 0 saturated carbocycles. The molecule has 0 aliphatic carbocycles. The van der Waals surface area contributed by atoms with Crippen molar-refractivity contribution in [3.05, 3.63) is 69.6 Å². The van der Waals surface area contributed by atoms with Gasteiger partial charge in [-0.05, 0) is 6.07 Å². The van der Waals surface area contributed by atoms with Crippen molar-refractivity contribution in [3.8, 4) is 0 Å². The zero-order valence-corrected chi connectivity index (χ0v) is 12.9. The molecule has 2 N–H and O–H groups in total. The van der Waals surface area contributed by atoms with Gasteiger partial charge in [-0.2, -0.15) is 0 Å². The summed E-state index contributed by atoms with van der Waals surface area (Å²) in [6.45, 7) is -0.296. The van der Waals surface area contributed by atoms with Crippen LogP contribution in [0.5, 0.6) is 0 Å². The van der Waals surface area contributed by atoms with E-state index in [1.165, 1.54) is 18.3 Å². The molecular formula is C16H15ClN2O4. The zero-order valence-electron chi connectivity index (χ0n) is 12.1. The molecular weight excluding hydrogens is 320 g/mol. The molecule has 1 aromatic carbocycles. The number of rotatable bonds is 6. The van der Waals surface area contributed by atoms with Gasteiger partial charge in [-0.15, -0.1) is 0 Å². The van der Waals surface area contributed by atoms with E-state index < -0.39 is 23.3 Å². The lowest BCUT2D eigenvalue weighted by atomic mass is 10.0. The summed E-state index contributed by atoms with van der Waals surface area (Å²) in [7, 11) is 0. The second-order valence-electron chi connectivity index (χ2n) is 4.74. The smallest absolute Gasteiger partial charge is 0.251 e. The summed E-state index contributed by atoms with van der Waals surface area (Å²) < 4.78 is 0.990. The van der Waals surface area contributed by atoms with Crippen molar-refractivity contribution in [2.24, 2.45) is 0 Å². The topological polar surface area (TPSA) is 88.4 Å². The molecule has 0 fully saturated rings. The molecule has 0 radical (unpaired) electrons. The van der Waals surface area contributed by atoms with Gasteiger partial charge in [0.25, 0.3) is 11.5 Å². The third kappa shape index (κ3) is 4.06. The van der Waals surface area contributed by atoms with E-state index in [-0.39, 0.29) is 18.2 Å². The summed E-state index contributed by atoms with van der Waals surface area (Å²) in [5.74, 6) is -1.22. The minimum absolute atomic E-state index is 0.0211. The predicted octanol–water partition coefficient (Wildman–Crippen LogP) is 1.03. The van der Waals surface area contributed by atoms with Crippen LogP contribution in [-0.2, 0) is 4.79 Å². The maximum absolute atomic E-state index is 12.7. The van der Waals surface area contributed by atoms with Crippen LogP contribution >= 0.6 is 11.6 Å². The van der Waals surface area contributed by atoms with Gasteiger partial charge in [0.15, 0.2) is 11.8 Å².